The van der Waals surface area contributed by atoms with Crippen molar-refractivity contribution in [3.05, 3.63) is 29.8 Å². The second-order valence-corrected chi connectivity index (χ2v) is 4.89. The van der Waals surface area contributed by atoms with Crippen molar-refractivity contribution in [2.45, 2.75) is 39.7 Å². The van der Waals surface area contributed by atoms with E-state index in [1.807, 2.05) is 24.3 Å². The van der Waals surface area contributed by atoms with Crippen LogP contribution in [0.5, 0.6) is 0 Å². The summed E-state index contributed by atoms with van der Waals surface area (Å²) in [7, 11) is 0. The van der Waals surface area contributed by atoms with Crippen LogP contribution in [0.2, 0.25) is 0 Å². The minimum atomic E-state index is 0.449. The van der Waals surface area contributed by atoms with E-state index in [2.05, 4.69) is 26.1 Å². The standard InChI is InChI=1S/C14H22N2S/c1-4-11(5-2)10(3)16-13-8-6-12(7-9-13)14(15)17/h6-11,16H,4-5H2,1-3H3,(H2,15,17). The van der Waals surface area contributed by atoms with Gasteiger partial charge in [-0.05, 0) is 37.1 Å². The van der Waals surface area contributed by atoms with Crippen molar-refractivity contribution in [2.24, 2.45) is 11.7 Å². The highest BCUT2D eigenvalue weighted by Crippen LogP contribution is 2.18. The number of nitrogens with one attached hydrogen (secondary N) is 1. The van der Waals surface area contributed by atoms with Gasteiger partial charge >= 0.3 is 0 Å². The molecule has 0 radical (unpaired) electrons. The molecule has 0 spiro atoms. The summed E-state index contributed by atoms with van der Waals surface area (Å²) in [6.45, 7) is 6.71. The molecule has 2 nitrogen and oxygen atoms in total. The summed E-state index contributed by atoms with van der Waals surface area (Å²) >= 11 is 4.93. The zero-order valence-corrected chi connectivity index (χ0v) is 11.7. The number of hydrogen-bond donors (Lipinski definition) is 2. The number of anilines is 1. The third-order valence-electron chi connectivity index (χ3n) is 3.32. The first kappa shape index (κ1) is 14.0. The van der Waals surface area contributed by atoms with Crippen molar-refractivity contribution >= 4 is 22.9 Å². The van der Waals surface area contributed by atoms with Gasteiger partial charge in [-0.25, -0.2) is 0 Å². The molecule has 0 amide bonds. The summed E-state index contributed by atoms with van der Waals surface area (Å²) in [6.07, 6.45) is 2.41. The zero-order chi connectivity index (χ0) is 12.8. The fourth-order valence-corrected chi connectivity index (χ4v) is 2.24. The highest BCUT2D eigenvalue weighted by molar-refractivity contribution is 7.80. The molecule has 0 fully saturated rings. The van der Waals surface area contributed by atoms with Gasteiger partial charge in [0.05, 0.1) is 0 Å². The van der Waals surface area contributed by atoms with Crippen LogP contribution in [0.25, 0.3) is 0 Å². The lowest BCUT2D eigenvalue weighted by molar-refractivity contribution is 0.438. The van der Waals surface area contributed by atoms with Gasteiger partial charge in [0.2, 0.25) is 0 Å². The lowest BCUT2D eigenvalue weighted by Gasteiger charge is -2.23. The Balaban J connectivity index is 2.65. The van der Waals surface area contributed by atoms with Crippen LogP contribution in [-0.4, -0.2) is 11.0 Å². The minimum Gasteiger partial charge on any atom is -0.389 e. The highest BCUT2D eigenvalue weighted by atomic mass is 32.1. The summed E-state index contributed by atoms with van der Waals surface area (Å²) in [5.41, 5.74) is 7.61. The molecule has 0 aliphatic carbocycles. The van der Waals surface area contributed by atoms with Crippen LogP contribution in [0.15, 0.2) is 24.3 Å². The molecule has 1 atom stereocenters. The molecular formula is C14H22N2S. The maximum Gasteiger partial charge on any atom is 0.103 e. The second-order valence-electron chi connectivity index (χ2n) is 4.45. The fraction of sp³-hybridized carbons (Fsp3) is 0.500. The third-order valence-corrected chi connectivity index (χ3v) is 3.56. The SMILES string of the molecule is CCC(CC)C(C)Nc1ccc(C(N)=S)cc1. The van der Waals surface area contributed by atoms with Gasteiger partial charge in [0.15, 0.2) is 0 Å². The predicted molar refractivity (Wildman–Crippen MR) is 79.5 cm³/mol. The summed E-state index contributed by atoms with van der Waals surface area (Å²) in [5, 5.41) is 3.53. The van der Waals surface area contributed by atoms with E-state index in [-0.39, 0.29) is 0 Å². The van der Waals surface area contributed by atoms with Crippen molar-refractivity contribution in [2.75, 3.05) is 5.32 Å². The predicted octanol–water partition coefficient (Wildman–Crippen LogP) is 3.56. The van der Waals surface area contributed by atoms with Crippen molar-refractivity contribution in [3.8, 4) is 0 Å². The summed E-state index contributed by atoms with van der Waals surface area (Å²) in [6, 6.07) is 8.48. The molecule has 3 heteroatoms. The average Bonchev–Trinajstić information content (AvgIpc) is 2.31. The second kappa shape index (κ2) is 6.60. The average molecular weight is 250 g/mol. The topological polar surface area (TPSA) is 38.0 Å². The molecule has 0 aliphatic heterocycles. The van der Waals surface area contributed by atoms with E-state index < -0.39 is 0 Å². The van der Waals surface area contributed by atoms with Crippen molar-refractivity contribution in [3.63, 3.8) is 0 Å². The quantitative estimate of drug-likeness (QED) is 0.758. The van der Waals surface area contributed by atoms with Gasteiger partial charge in [0, 0.05) is 17.3 Å². The minimum absolute atomic E-state index is 0.449. The molecule has 0 aromatic heterocycles. The molecular weight excluding hydrogens is 228 g/mol. The Morgan fingerprint density at radius 1 is 1.24 bits per heavy atom. The van der Waals surface area contributed by atoms with Gasteiger partial charge in [0.25, 0.3) is 0 Å². The van der Waals surface area contributed by atoms with Crippen LogP contribution in [0, 0.1) is 5.92 Å². The molecule has 0 saturated heterocycles. The number of thiocarbonyl (C=S) groups is 1. The van der Waals surface area contributed by atoms with E-state index in [0.29, 0.717) is 16.9 Å². The molecule has 1 aromatic carbocycles. The van der Waals surface area contributed by atoms with E-state index in [1.54, 1.807) is 0 Å². The largest absolute Gasteiger partial charge is 0.389 e. The first-order chi connectivity index (χ1) is 8.08. The lowest BCUT2D eigenvalue weighted by atomic mass is 9.95. The van der Waals surface area contributed by atoms with E-state index in [4.69, 9.17) is 18.0 Å². The molecule has 94 valence electrons. The normalized spacial score (nSPS) is 12.5. The van der Waals surface area contributed by atoms with Gasteiger partial charge < -0.3 is 11.1 Å². The third kappa shape index (κ3) is 4.00. The number of nitrogens with two attached hydrogens (primary N) is 1. The van der Waals surface area contributed by atoms with E-state index in [1.165, 1.54) is 12.8 Å². The van der Waals surface area contributed by atoms with Crippen molar-refractivity contribution in [1.29, 1.82) is 0 Å². The highest BCUT2D eigenvalue weighted by Gasteiger charge is 2.12. The molecule has 0 heterocycles. The molecule has 17 heavy (non-hydrogen) atoms. The van der Waals surface area contributed by atoms with Crippen LogP contribution in [0.3, 0.4) is 0 Å². The summed E-state index contributed by atoms with van der Waals surface area (Å²) in [4.78, 5) is 0.449. The Morgan fingerprint density at radius 2 is 1.76 bits per heavy atom. The number of benzene rings is 1. The van der Waals surface area contributed by atoms with E-state index >= 15 is 0 Å². The van der Waals surface area contributed by atoms with Gasteiger partial charge in [-0.1, -0.05) is 38.9 Å². The maximum absolute atomic E-state index is 5.57. The Morgan fingerprint density at radius 3 is 2.18 bits per heavy atom. The van der Waals surface area contributed by atoms with Crippen LogP contribution < -0.4 is 11.1 Å². The van der Waals surface area contributed by atoms with Crippen molar-refractivity contribution < 1.29 is 0 Å². The smallest absolute Gasteiger partial charge is 0.103 e. The first-order valence-corrected chi connectivity index (χ1v) is 6.65. The number of hydrogen-bond acceptors (Lipinski definition) is 2. The van der Waals surface area contributed by atoms with Gasteiger partial charge in [-0.15, -0.1) is 0 Å². The molecule has 0 saturated carbocycles. The van der Waals surface area contributed by atoms with Crippen molar-refractivity contribution in [1.82, 2.24) is 0 Å². The van der Waals surface area contributed by atoms with Crippen LogP contribution in [-0.2, 0) is 0 Å². The number of rotatable bonds is 6. The van der Waals surface area contributed by atoms with Gasteiger partial charge in [-0.2, -0.15) is 0 Å². The molecule has 1 rings (SSSR count). The maximum atomic E-state index is 5.57. The Hall–Kier alpha value is -1.09. The zero-order valence-electron chi connectivity index (χ0n) is 10.9. The Labute approximate surface area is 110 Å². The fourth-order valence-electron chi connectivity index (χ4n) is 2.11. The first-order valence-electron chi connectivity index (χ1n) is 6.24. The summed E-state index contributed by atoms with van der Waals surface area (Å²) < 4.78 is 0. The molecule has 0 aliphatic rings. The molecule has 1 unspecified atom stereocenters. The lowest BCUT2D eigenvalue weighted by Crippen LogP contribution is -2.25. The van der Waals surface area contributed by atoms with Crippen LogP contribution in [0.4, 0.5) is 5.69 Å². The van der Waals surface area contributed by atoms with Gasteiger partial charge in [-0.3, -0.25) is 0 Å². The Bertz CT molecular complexity index is 355. The van der Waals surface area contributed by atoms with Gasteiger partial charge in [0.1, 0.15) is 4.99 Å². The molecule has 3 N–H and O–H groups in total. The van der Waals surface area contributed by atoms with Crippen LogP contribution >= 0.6 is 12.2 Å². The van der Waals surface area contributed by atoms with E-state index in [0.717, 1.165) is 11.3 Å². The van der Waals surface area contributed by atoms with E-state index in [9.17, 15) is 0 Å². The summed E-state index contributed by atoms with van der Waals surface area (Å²) in [5.74, 6) is 0.713. The Kier molecular flexibility index (Phi) is 5.42. The van der Waals surface area contributed by atoms with Crippen LogP contribution in [0.1, 0.15) is 39.2 Å². The molecule has 1 aromatic rings. The molecule has 0 bridgehead atoms. The monoisotopic (exact) mass is 250 g/mol.